The van der Waals surface area contributed by atoms with Crippen LogP contribution in [0.15, 0.2) is 30.5 Å². The van der Waals surface area contributed by atoms with Crippen LogP contribution in [-0.2, 0) is 22.7 Å². The Labute approximate surface area is 143 Å². The largest absolute Gasteiger partial charge is 0.480 e. The van der Waals surface area contributed by atoms with Crippen LogP contribution in [-0.4, -0.2) is 38.1 Å². The molecule has 0 fully saturated rings. The summed E-state index contributed by atoms with van der Waals surface area (Å²) in [6, 6.07) is 6.92. The van der Waals surface area contributed by atoms with E-state index in [-0.39, 0.29) is 19.0 Å². The number of halogens is 1. The molecule has 0 aliphatic carbocycles. The average Bonchev–Trinajstić information content (AvgIpc) is 2.98. The van der Waals surface area contributed by atoms with Crippen molar-refractivity contribution in [3.8, 4) is 5.75 Å². The number of amides is 1. The fourth-order valence-electron chi connectivity index (χ4n) is 1.94. The maximum atomic E-state index is 12.2. The van der Waals surface area contributed by atoms with E-state index >= 15 is 0 Å². The van der Waals surface area contributed by atoms with E-state index in [2.05, 4.69) is 15.6 Å². The molecule has 0 radical (unpaired) electrons. The number of ether oxygens (including phenoxy) is 1. The number of benzene rings is 1. The number of carboxylic acids is 1. The van der Waals surface area contributed by atoms with Gasteiger partial charge in [-0.05, 0) is 18.6 Å². The van der Waals surface area contributed by atoms with Gasteiger partial charge in [0.05, 0.1) is 17.8 Å². The summed E-state index contributed by atoms with van der Waals surface area (Å²) in [6.45, 7) is 1.67. The molecule has 2 rings (SSSR count). The van der Waals surface area contributed by atoms with Gasteiger partial charge in [0.1, 0.15) is 18.0 Å². The number of carbonyl (C=O) groups is 2. The van der Waals surface area contributed by atoms with Crippen LogP contribution in [0, 0.1) is 0 Å². The van der Waals surface area contributed by atoms with Gasteiger partial charge in [0.25, 0.3) is 5.91 Å². The van der Waals surface area contributed by atoms with Gasteiger partial charge < -0.3 is 15.2 Å². The van der Waals surface area contributed by atoms with Crippen LogP contribution in [0.4, 0.5) is 0 Å². The predicted octanol–water partition coefficient (Wildman–Crippen LogP) is 1.49. The molecule has 1 atom stereocenters. The Hall–Kier alpha value is -2.61. The van der Waals surface area contributed by atoms with E-state index in [1.54, 1.807) is 24.3 Å². The molecule has 1 unspecified atom stereocenters. The number of nitrogens with one attached hydrogen (secondary N) is 1. The van der Waals surface area contributed by atoms with Crippen molar-refractivity contribution >= 4 is 23.5 Å². The number of para-hydroxylation sites is 1. The molecular weight excluding hydrogens is 336 g/mol. The van der Waals surface area contributed by atoms with Crippen LogP contribution >= 0.6 is 11.6 Å². The topological polar surface area (TPSA) is 106 Å². The molecule has 2 N–H and O–H groups in total. The van der Waals surface area contributed by atoms with Crippen molar-refractivity contribution in [2.75, 3.05) is 0 Å². The molecule has 0 spiro atoms. The third kappa shape index (κ3) is 4.95. The summed E-state index contributed by atoms with van der Waals surface area (Å²) in [5.74, 6) is -0.895. The van der Waals surface area contributed by atoms with E-state index in [4.69, 9.17) is 21.4 Å². The number of hydrogen-bond acceptors (Lipinski definition) is 5. The van der Waals surface area contributed by atoms with E-state index in [0.717, 1.165) is 0 Å². The number of aliphatic carboxylic acids is 1. The number of nitrogens with zero attached hydrogens (tertiary/aromatic N) is 3. The van der Waals surface area contributed by atoms with E-state index in [0.29, 0.717) is 22.9 Å². The van der Waals surface area contributed by atoms with Crippen LogP contribution in [0.2, 0.25) is 5.02 Å². The molecule has 0 saturated carbocycles. The third-order valence-corrected chi connectivity index (χ3v) is 3.41. The lowest BCUT2D eigenvalue weighted by atomic mass is 10.2. The number of aromatic nitrogens is 3. The highest BCUT2D eigenvalue weighted by atomic mass is 35.5. The van der Waals surface area contributed by atoms with Crippen molar-refractivity contribution in [2.24, 2.45) is 0 Å². The van der Waals surface area contributed by atoms with E-state index in [1.165, 1.54) is 10.9 Å². The Morgan fingerprint density at radius 1 is 1.42 bits per heavy atom. The average molecular weight is 353 g/mol. The van der Waals surface area contributed by atoms with Gasteiger partial charge in [-0.15, -0.1) is 5.10 Å². The fourth-order valence-corrected chi connectivity index (χ4v) is 2.12. The van der Waals surface area contributed by atoms with E-state index in [9.17, 15) is 9.59 Å². The smallest absolute Gasteiger partial charge is 0.325 e. The quantitative estimate of drug-likeness (QED) is 0.745. The first-order valence-corrected chi connectivity index (χ1v) is 7.67. The van der Waals surface area contributed by atoms with Crippen LogP contribution in [0.3, 0.4) is 0 Å². The zero-order valence-corrected chi connectivity index (χ0v) is 13.7. The number of hydrogen-bond donors (Lipinski definition) is 2. The lowest BCUT2D eigenvalue weighted by Crippen LogP contribution is -2.37. The lowest BCUT2D eigenvalue weighted by Gasteiger charge is -2.17. The number of carboxylic acid groups (broad SMARTS) is 1. The highest BCUT2D eigenvalue weighted by Gasteiger charge is 2.19. The van der Waals surface area contributed by atoms with Gasteiger partial charge in [-0.3, -0.25) is 9.59 Å². The molecule has 0 aliphatic rings. The summed E-state index contributed by atoms with van der Waals surface area (Å²) in [4.78, 5) is 22.8. The summed E-state index contributed by atoms with van der Waals surface area (Å²) in [6.07, 6.45) is 1.23. The summed E-state index contributed by atoms with van der Waals surface area (Å²) in [5, 5.41) is 19.3. The Bertz CT molecular complexity index is 719. The van der Waals surface area contributed by atoms with E-state index < -0.39 is 12.1 Å². The molecule has 1 amide bonds. The minimum Gasteiger partial charge on any atom is -0.480 e. The summed E-state index contributed by atoms with van der Waals surface area (Å²) in [7, 11) is 0. The van der Waals surface area contributed by atoms with Gasteiger partial charge in [0, 0.05) is 0 Å². The Morgan fingerprint density at radius 2 is 2.17 bits per heavy atom. The molecule has 1 heterocycles. The second-order valence-electron chi connectivity index (χ2n) is 4.96. The lowest BCUT2D eigenvalue weighted by molar-refractivity contribution is -0.138. The van der Waals surface area contributed by atoms with Crippen molar-refractivity contribution < 1.29 is 19.4 Å². The van der Waals surface area contributed by atoms with E-state index in [1.807, 2.05) is 6.92 Å². The van der Waals surface area contributed by atoms with Gasteiger partial charge in [0.15, 0.2) is 6.10 Å². The molecular formula is C15H17ClN4O4. The maximum absolute atomic E-state index is 12.2. The van der Waals surface area contributed by atoms with Crippen molar-refractivity contribution in [3.63, 3.8) is 0 Å². The first-order chi connectivity index (χ1) is 11.5. The maximum Gasteiger partial charge on any atom is 0.325 e. The monoisotopic (exact) mass is 352 g/mol. The summed E-state index contributed by atoms with van der Waals surface area (Å²) >= 11 is 6.02. The standard InChI is InChI=1S/C15H17ClN4O4/c1-2-12(24-13-6-4-3-5-11(13)16)15(23)17-7-10-8-20(19-18-10)9-14(21)22/h3-6,8,12H,2,7,9H2,1H3,(H,17,23)(H,21,22). The number of rotatable bonds is 8. The predicted molar refractivity (Wildman–Crippen MR) is 85.7 cm³/mol. The normalized spacial score (nSPS) is 11.8. The summed E-state index contributed by atoms with van der Waals surface area (Å²) in [5.41, 5.74) is 0.456. The third-order valence-electron chi connectivity index (χ3n) is 3.10. The highest BCUT2D eigenvalue weighted by molar-refractivity contribution is 6.32. The number of carbonyl (C=O) groups excluding carboxylic acids is 1. The van der Waals surface area contributed by atoms with Gasteiger partial charge in [-0.2, -0.15) is 0 Å². The van der Waals surface area contributed by atoms with Crippen LogP contribution in [0.5, 0.6) is 5.75 Å². The van der Waals surface area contributed by atoms with Crippen molar-refractivity contribution in [1.29, 1.82) is 0 Å². The molecule has 9 heteroatoms. The summed E-state index contributed by atoms with van der Waals surface area (Å²) < 4.78 is 6.82. The second-order valence-corrected chi connectivity index (χ2v) is 5.37. The molecule has 1 aromatic heterocycles. The molecule has 2 aromatic rings. The van der Waals surface area contributed by atoms with Crippen molar-refractivity contribution in [3.05, 3.63) is 41.2 Å². The molecule has 1 aromatic carbocycles. The Morgan fingerprint density at radius 3 is 2.83 bits per heavy atom. The second kappa shape index (κ2) is 8.30. The van der Waals surface area contributed by atoms with Crippen LogP contribution < -0.4 is 10.1 Å². The zero-order valence-electron chi connectivity index (χ0n) is 13.0. The first kappa shape index (κ1) is 17.7. The molecule has 0 bridgehead atoms. The van der Waals surface area contributed by atoms with Gasteiger partial charge >= 0.3 is 5.97 Å². The molecule has 128 valence electrons. The van der Waals surface area contributed by atoms with Gasteiger partial charge in [-0.1, -0.05) is 35.9 Å². The Kier molecular flexibility index (Phi) is 6.14. The molecule has 0 aliphatic heterocycles. The zero-order chi connectivity index (χ0) is 17.5. The Balaban J connectivity index is 1.91. The van der Waals surface area contributed by atoms with Crippen LogP contribution in [0.1, 0.15) is 19.0 Å². The van der Waals surface area contributed by atoms with Crippen LogP contribution in [0.25, 0.3) is 0 Å². The molecule has 0 saturated heterocycles. The first-order valence-electron chi connectivity index (χ1n) is 7.29. The highest BCUT2D eigenvalue weighted by Crippen LogP contribution is 2.24. The van der Waals surface area contributed by atoms with Gasteiger partial charge in [-0.25, -0.2) is 4.68 Å². The fraction of sp³-hybridized carbons (Fsp3) is 0.333. The molecule has 24 heavy (non-hydrogen) atoms. The SMILES string of the molecule is CCC(Oc1ccccc1Cl)C(=O)NCc1cn(CC(=O)O)nn1. The van der Waals surface area contributed by atoms with Crippen molar-refractivity contribution in [1.82, 2.24) is 20.3 Å². The minimum atomic E-state index is -1.02. The van der Waals surface area contributed by atoms with Gasteiger partial charge in [0.2, 0.25) is 0 Å². The van der Waals surface area contributed by atoms with Crippen molar-refractivity contribution in [2.45, 2.75) is 32.5 Å². The molecule has 8 nitrogen and oxygen atoms in total. The minimum absolute atomic E-state index is 0.126.